The maximum atomic E-state index is 11.8. The number of likely N-dealkylation sites (N-methyl/N-ethyl adjacent to an activating group) is 1. The first-order valence-electron chi connectivity index (χ1n) is 6.27. The van der Waals surface area contributed by atoms with Crippen molar-refractivity contribution < 1.29 is 13.2 Å². The Morgan fingerprint density at radius 3 is 2.42 bits per heavy atom. The topological polar surface area (TPSA) is 66.5 Å². The minimum Gasteiger partial charge on any atom is -0.345 e. The van der Waals surface area contributed by atoms with E-state index in [-0.39, 0.29) is 16.7 Å². The fourth-order valence-corrected chi connectivity index (χ4v) is 3.32. The monoisotopic (exact) mass is 282 g/mol. The predicted octanol–water partition coefficient (Wildman–Crippen LogP) is 0.930. The van der Waals surface area contributed by atoms with Crippen LogP contribution >= 0.6 is 0 Å². The first kappa shape index (κ1) is 14.0. The second-order valence-corrected chi connectivity index (χ2v) is 6.51. The fraction of sp³-hybridized carbons (Fsp3) is 0.462. The smallest absolute Gasteiger partial charge is 0.240 e. The molecule has 0 aliphatic carbocycles. The summed E-state index contributed by atoms with van der Waals surface area (Å²) in [4.78, 5) is 13.5. The van der Waals surface area contributed by atoms with Gasteiger partial charge in [0.1, 0.15) is 0 Å². The Morgan fingerprint density at radius 1 is 1.32 bits per heavy atom. The largest absolute Gasteiger partial charge is 0.345 e. The third-order valence-electron chi connectivity index (χ3n) is 3.34. The molecule has 1 saturated heterocycles. The van der Waals surface area contributed by atoms with Crippen LogP contribution in [0.15, 0.2) is 29.2 Å². The number of rotatable bonds is 4. The lowest BCUT2D eigenvalue weighted by molar-refractivity contribution is -0.126. The summed E-state index contributed by atoms with van der Waals surface area (Å²) in [6, 6.07) is 6.77. The highest BCUT2D eigenvalue weighted by molar-refractivity contribution is 7.89. The number of hydrogen-bond donors (Lipinski definition) is 1. The van der Waals surface area contributed by atoms with Gasteiger partial charge >= 0.3 is 0 Å². The molecule has 0 radical (unpaired) electrons. The van der Waals surface area contributed by atoms with E-state index >= 15 is 0 Å². The Morgan fingerprint density at radius 2 is 1.95 bits per heavy atom. The molecular formula is C13H18N2O3S. The van der Waals surface area contributed by atoms with E-state index in [1.165, 1.54) is 0 Å². The molecule has 6 heteroatoms. The van der Waals surface area contributed by atoms with Crippen LogP contribution in [0.5, 0.6) is 0 Å². The molecule has 1 heterocycles. The second-order valence-electron chi connectivity index (χ2n) is 4.75. The van der Waals surface area contributed by atoms with Gasteiger partial charge in [-0.2, -0.15) is 0 Å². The van der Waals surface area contributed by atoms with Crippen molar-refractivity contribution >= 4 is 15.9 Å². The van der Waals surface area contributed by atoms with E-state index < -0.39 is 10.0 Å². The minimum atomic E-state index is -3.40. The molecule has 1 aromatic carbocycles. The summed E-state index contributed by atoms with van der Waals surface area (Å²) in [6.07, 6.45) is 0.496. The summed E-state index contributed by atoms with van der Waals surface area (Å²) in [6.45, 7) is 2.80. The Bertz CT molecular complexity index is 566. The maximum absolute atomic E-state index is 11.8. The van der Waals surface area contributed by atoms with E-state index in [2.05, 4.69) is 4.72 Å². The van der Waals surface area contributed by atoms with Crippen LogP contribution in [0.1, 0.15) is 24.8 Å². The quantitative estimate of drug-likeness (QED) is 0.893. The number of sulfonamides is 1. The van der Waals surface area contributed by atoms with Crippen LogP contribution in [-0.2, 0) is 14.8 Å². The van der Waals surface area contributed by atoms with Gasteiger partial charge in [0.05, 0.1) is 4.90 Å². The number of likely N-dealkylation sites (tertiary alicyclic amines) is 1. The van der Waals surface area contributed by atoms with Crippen molar-refractivity contribution in [3.8, 4) is 0 Å². The number of benzene rings is 1. The summed E-state index contributed by atoms with van der Waals surface area (Å²) in [7, 11) is -1.62. The zero-order valence-electron chi connectivity index (χ0n) is 11.1. The molecule has 1 amide bonds. The van der Waals surface area contributed by atoms with Gasteiger partial charge in [0.2, 0.25) is 15.9 Å². The molecule has 1 atom stereocenters. The molecule has 19 heavy (non-hydrogen) atoms. The lowest BCUT2D eigenvalue weighted by atomic mass is 9.98. The van der Waals surface area contributed by atoms with Crippen molar-refractivity contribution in [3.05, 3.63) is 29.8 Å². The summed E-state index contributed by atoms with van der Waals surface area (Å²) in [5.74, 6) is 0.294. The van der Waals surface area contributed by atoms with E-state index in [0.29, 0.717) is 19.5 Å². The molecule has 5 nitrogen and oxygen atoms in total. The first-order valence-corrected chi connectivity index (χ1v) is 7.76. The van der Waals surface area contributed by atoms with Crippen molar-refractivity contribution in [2.75, 3.05) is 20.1 Å². The average Bonchev–Trinajstić information content (AvgIpc) is 2.70. The van der Waals surface area contributed by atoms with Crippen LogP contribution in [0.25, 0.3) is 0 Å². The summed E-state index contributed by atoms with van der Waals surface area (Å²) < 4.78 is 26.0. The van der Waals surface area contributed by atoms with Crippen molar-refractivity contribution in [3.63, 3.8) is 0 Å². The van der Waals surface area contributed by atoms with E-state index in [1.54, 1.807) is 43.1 Å². The molecular weight excluding hydrogens is 264 g/mol. The molecule has 1 aliphatic rings. The van der Waals surface area contributed by atoms with Crippen LogP contribution < -0.4 is 4.72 Å². The van der Waals surface area contributed by atoms with Crippen molar-refractivity contribution in [2.24, 2.45) is 0 Å². The molecule has 0 spiro atoms. The molecule has 1 aromatic rings. The van der Waals surface area contributed by atoms with Crippen molar-refractivity contribution in [1.82, 2.24) is 9.62 Å². The van der Waals surface area contributed by atoms with Gasteiger partial charge < -0.3 is 4.90 Å². The number of nitrogens with one attached hydrogen (secondary N) is 1. The van der Waals surface area contributed by atoms with E-state index in [9.17, 15) is 13.2 Å². The lowest BCUT2D eigenvalue weighted by Gasteiger charge is -2.11. The number of nitrogens with zero attached hydrogens (tertiary/aromatic N) is 1. The highest BCUT2D eigenvalue weighted by Crippen LogP contribution is 2.27. The Balaban J connectivity index is 2.18. The van der Waals surface area contributed by atoms with Gasteiger partial charge in [0.25, 0.3) is 0 Å². The van der Waals surface area contributed by atoms with Crippen LogP contribution in [0.3, 0.4) is 0 Å². The normalized spacial score (nSPS) is 20.0. The number of carbonyl (C=O) groups excluding carboxylic acids is 1. The molecule has 0 aromatic heterocycles. The molecule has 0 saturated carbocycles. The number of amides is 1. The lowest BCUT2D eigenvalue weighted by Crippen LogP contribution is -2.23. The van der Waals surface area contributed by atoms with Crippen LogP contribution in [0.4, 0.5) is 0 Å². The number of hydrogen-bond acceptors (Lipinski definition) is 3. The van der Waals surface area contributed by atoms with E-state index in [1.807, 2.05) is 0 Å². The molecule has 1 aliphatic heterocycles. The molecule has 2 rings (SSSR count). The molecule has 104 valence electrons. The zero-order valence-corrected chi connectivity index (χ0v) is 11.9. The molecule has 0 bridgehead atoms. The van der Waals surface area contributed by atoms with Gasteiger partial charge in [-0.3, -0.25) is 4.79 Å². The second kappa shape index (κ2) is 5.30. The summed E-state index contributed by atoms with van der Waals surface area (Å²) in [5, 5.41) is 0. The third kappa shape index (κ3) is 2.96. The minimum absolute atomic E-state index is 0.134. The van der Waals surface area contributed by atoms with Crippen LogP contribution in [-0.4, -0.2) is 39.4 Å². The van der Waals surface area contributed by atoms with Crippen LogP contribution in [0, 0.1) is 0 Å². The van der Waals surface area contributed by atoms with Gasteiger partial charge in [-0.25, -0.2) is 13.1 Å². The van der Waals surface area contributed by atoms with Gasteiger partial charge in [0.15, 0.2) is 0 Å². The third-order valence-corrected chi connectivity index (χ3v) is 4.90. The van der Waals surface area contributed by atoms with Crippen molar-refractivity contribution in [2.45, 2.75) is 24.2 Å². The summed E-state index contributed by atoms with van der Waals surface area (Å²) >= 11 is 0. The van der Waals surface area contributed by atoms with Gasteiger partial charge in [-0.1, -0.05) is 19.1 Å². The molecule has 1 fully saturated rings. The predicted molar refractivity (Wildman–Crippen MR) is 72.3 cm³/mol. The van der Waals surface area contributed by atoms with E-state index in [4.69, 9.17) is 0 Å². The molecule has 1 N–H and O–H groups in total. The molecule has 1 unspecified atom stereocenters. The SMILES string of the molecule is CCNS(=O)(=O)c1ccc(C2CC(=O)N(C)C2)cc1. The van der Waals surface area contributed by atoms with Crippen molar-refractivity contribution in [1.29, 1.82) is 0 Å². The maximum Gasteiger partial charge on any atom is 0.240 e. The van der Waals surface area contributed by atoms with Gasteiger partial charge in [0, 0.05) is 32.5 Å². The Kier molecular flexibility index (Phi) is 3.91. The average molecular weight is 282 g/mol. The van der Waals surface area contributed by atoms with Gasteiger partial charge in [-0.05, 0) is 17.7 Å². The fourth-order valence-electron chi connectivity index (χ4n) is 2.28. The Labute approximate surface area is 113 Å². The number of carbonyl (C=O) groups is 1. The highest BCUT2D eigenvalue weighted by atomic mass is 32.2. The highest BCUT2D eigenvalue weighted by Gasteiger charge is 2.28. The first-order chi connectivity index (χ1) is 8.94. The Hall–Kier alpha value is -1.40. The standard InChI is InChI=1S/C13H18N2O3S/c1-3-14-19(17,18)12-6-4-10(5-7-12)11-8-13(16)15(2)9-11/h4-7,11,14H,3,8-9H2,1-2H3. The zero-order chi connectivity index (χ0) is 14.0. The van der Waals surface area contributed by atoms with E-state index in [0.717, 1.165) is 5.56 Å². The van der Waals surface area contributed by atoms with Gasteiger partial charge in [-0.15, -0.1) is 0 Å². The van der Waals surface area contributed by atoms with Crippen LogP contribution in [0.2, 0.25) is 0 Å². The summed E-state index contributed by atoms with van der Waals surface area (Å²) in [5.41, 5.74) is 1.01.